The molecule has 2 aromatic heterocycles. The van der Waals surface area contributed by atoms with E-state index in [-0.39, 0.29) is 26.1 Å². The van der Waals surface area contributed by atoms with E-state index in [1.807, 2.05) is 0 Å². The molecule has 1 aromatic carbocycles. The summed E-state index contributed by atoms with van der Waals surface area (Å²) in [5.41, 5.74) is 0.0514. The molecule has 178 valence electrons. The number of amides is 1. The fourth-order valence-electron chi connectivity index (χ4n) is 2.86. The van der Waals surface area contributed by atoms with Crippen molar-refractivity contribution >= 4 is 37.1 Å². The highest BCUT2D eigenvalue weighted by molar-refractivity contribution is 7.93. The summed E-state index contributed by atoms with van der Waals surface area (Å²) in [5.74, 6) is 0. The number of hydrogen-bond acceptors (Lipinski definition) is 9. The predicted octanol–water partition coefficient (Wildman–Crippen LogP) is 2.80. The van der Waals surface area contributed by atoms with Crippen molar-refractivity contribution in [2.24, 2.45) is 7.05 Å². The Hall–Kier alpha value is -2.77. The Morgan fingerprint density at radius 3 is 2.45 bits per heavy atom. The fourth-order valence-corrected chi connectivity index (χ4v) is 6.30. The molecule has 0 aliphatic rings. The zero-order valence-electron chi connectivity index (χ0n) is 18.7. The van der Waals surface area contributed by atoms with Crippen LogP contribution in [0.15, 0.2) is 50.8 Å². The van der Waals surface area contributed by atoms with Gasteiger partial charge in [0.15, 0.2) is 9.84 Å². The number of nitrogens with zero attached hydrogens (tertiary/aromatic N) is 3. The number of alkyl carbamates (subject to hydrolysis) is 1. The van der Waals surface area contributed by atoms with Gasteiger partial charge in [0.2, 0.25) is 9.84 Å². The van der Waals surface area contributed by atoms with Crippen LogP contribution in [0.5, 0.6) is 0 Å². The molecule has 33 heavy (non-hydrogen) atoms. The lowest BCUT2D eigenvalue weighted by atomic mass is 10.1. The van der Waals surface area contributed by atoms with Crippen LogP contribution in [0.25, 0.3) is 11.1 Å². The molecule has 0 fully saturated rings. The van der Waals surface area contributed by atoms with E-state index in [0.29, 0.717) is 10.6 Å². The highest BCUT2D eigenvalue weighted by atomic mass is 32.2. The normalized spacial score (nSPS) is 12.5. The summed E-state index contributed by atoms with van der Waals surface area (Å²) in [4.78, 5) is 15.8. The van der Waals surface area contributed by atoms with Crippen molar-refractivity contribution in [3.63, 3.8) is 0 Å². The van der Waals surface area contributed by atoms with Crippen LogP contribution in [0.4, 0.5) is 4.79 Å². The van der Waals surface area contributed by atoms with Gasteiger partial charge in [0.05, 0.1) is 28.7 Å². The third-order valence-corrected chi connectivity index (χ3v) is 8.62. The molecule has 0 saturated carbocycles. The van der Waals surface area contributed by atoms with Crippen LogP contribution in [0.2, 0.25) is 0 Å². The largest absolute Gasteiger partial charge is 0.444 e. The van der Waals surface area contributed by atoms with Crippen molar-refractivity contribution in [3.05, 3.63) is 41.8 Å². The van der Waals surface area contributed by atoms with Crippen LogP contribution in [-0.2, 0) is 38.0 Å². The molecule has 2 heterocycles. The van der Waals surface area contributed by atoms with Crippen molar-refractivity contribution in [1.82, 2.24) is 20.1 Å². The Morgan fingerprint density at radius 2 is 1.88 bits per heavy atom. The summed E-state index contributed by atoms with van der Waals surface area (Å²) in [5, 5.41) is 6.95. The first-order chi connectivity index (χ1) is 15.2. The maximum absolute atomic E-state index is 13.2. The van der Waals surface area contributed by atoms with Crippen molar-refractivity contribution in [2.45, 2.75) is 46.9 Å². The molecule has 0 bridgehead atoms. The molecule has 0 aliphatic heterocycles. The van der Waals surface area contributed by atoms with Gasteiger partial charge in [0.1, 0.15) is 14.8 Å². The molecule has 1 amide bonds. The van der Waals surface area contributed by atoms with Crippen LogP contribution in [0, 0.1) is 0 Å². The summed E-state index contributed by atoms with van der Waals surface area (Å²) in [6.45, 7) is 5.20. The molecule has 0 spiro atoms. The summed E-state index contributed by atoms with van der Waals surface area (Å²) in [6, 6.07) is 3.85. The van der Waals surface area contributed by atoms with E-state index >= 15 is 0 Å². The van der Waals surface area contributed by atoms with Crippen molar-refractivity contribution in [3.8, 4) is 11.1 Å². The highest BCUT2D eigenvalue weighted by Gasteiger charge is 2.25. The molecule has 0 aliphatic carbocycles. The van der Waals surface area contributed by atoms with Gasteiger partial charge in [-0.05, 0) is 39.0 Å². The minimum absolute atomic E-state index is 0.000930. The molecular weight excluding hydrogens is 488 g/mol. The zero-order valence-corrected chi connectivity index (χ0v) is 21.1. The second-order valence-electron chi connectivity index (χ2n) is 8.26. The molecule has 0 saturated heterocycles. The lowest BCUT2D eigenvalue weighted by molar-refractivity contribution is 0.0523. The van der Waals surface area contributed by atoms with Crippen LogP contribution < -0.4 is 5.32 Å². The molecule has 3 aromatic rings. The average molecular weight is 513 g/mol. The standard InChI is InChI=1S/C20H24N4O6S3/c1-20(2,3)30-19(25)22-10-17-21-11-18(31-17)33(28,29)14-6-7-16(32(5,26)27)15(8-14)13-9-23-24(4)12-13/h6-9,11-12H,10H2,1-5H3,(H,22,25). The van der Waals surface area contributed by atoms with Crippen molar-refractivity contribution in [1.29, 1.82) is 0 Å². The number of hydrogen-bond donors (Lipinski definition) is 1. The Balaban J connectivity index is 1.91. The number of carbonyl (C=O) groups excluding carboxylic acids is 1. The van der Waals surface area contributed by atoms with Gasteiger partial charge in [0, 0.05) is 30.6 Å². The number of carbonyl (C=O) groups is 1. The molecule has 10 nitrogen and oxygen atoms in total. The Bertz CT molecular complexity index is 1400. The second kappa shape index (κ2) is 8.88. The van der Waals surface area contributed by atoms with Gasteiger partial charge in [0.25, 0.3) is 0 Å². The van der Waals surface area contributed by atoms with E-state index in [1.165, 1.54) is 35.3 Å². The lowest BCUT2D eigenvalue weighted by Gasteiger charge is -2.19. The second-order valence-corrected chi connectivity index (χ2v) is 13.5. The maximum Gasteiger partial charge on any atom is 0.408 e. The number of benzene rings is 1. The van der Waals surface area contributed by atoms with Crippen molar-refractivity contribution in [2.75, 3.05) is 6.26 Å². The SMILES string of the molecule is Cn1cc(-c2cc(S(=O)(=O)c3cnc(CNC(=O)OC(C)(C)C)s3)ccc2S(C)(=O)=O)cn1. The number of aromatic nitrogens is 3. The number of ether oxygens (including phenoxy) is 1. The van der Waals surface area contributed by atoms with Crippen LogP contribution >= 0.6 is 11.3 Å². The summed E-state index contributed by atoms with van der Waals surface area (Å²) in [7, 11) is -5.92. The van der Waals surface area contributed by atoms with E-state index in [1.54, 1.807) is 34.0 Å². The lowest BCUT2D eigenvalue weighted by Crippen LogP contribution is -2.32. The molecule has 0 atom stereocenters. The maximum atomic E-state index is 13.2. The number of sulfone groups is 2. The van der Waals surface area contributed by atoms with E-state index in [9.17, 15) is 21.6 Å². The summed E-state index contributed by atoms with van der Waals surface area (Å²) >= 11 is 0.906. The Labute approximate surface area is 196 Å². The van der Waals surface area contributed by atoms with Gasteiger partial charge in [-0.2, -0.15) is 5.10 Å². The first-order valence-electron chi connectivity index (χ1n) is 9.66. The van der Waals surface area contributed by atoms with E-state index in [4.69, 9.17) is 4.74 Å². The molecule has 0 unspecified atom stereocenters. The first-order valence-corrected chi connectivity index (χ1v) is 13.9. The van der Waals surface area contributed by atoms with Gasteiger partial charge < -0.3 is 10.1 Å². The Morgan fingerprint density at radius 1 is 1.18 bits per heavy atom. The van der Waals surface area contributed by atoms with Gasteiger partial charge in [-0.15, -0.1) is 11.3 Å². The Kier molecular flexibility index (Phi) is 6.69. The average Bonchev–Trinajstić information content (AvgIpc) is 3.33. The van der Waals surface area contributed by atoms with Crippen LogP contribution in [-0.4, -0.2) is 49.6 Å². The van der Waals surface area contributed by atoms with Gasteiger partial charge in [-0.3, -0.25) is 4.68 Å². The molecule has 0 radical (unpaired) electrons. The summed E-state index contributed by atoms with van der Waals surface area (Å²) < 4.78 is 57.5. The molecular formula is C20H24N4O6S3. The number of rotatable bonds is 6. The van der Waals surface area contributed by atoms with Gasteiger partial charge in [-0.25, -0.2) is 26.6 Å². The van der Waals surface area contributed by atoms with Crippen molar-refractivity contribution < 1.29 is 26.4 Å². The smallest absolute Gasteiger partial charge is 0.408 e. The molecule has 13 heteroatoms. The van der Waals surface area contributed by atoms with E-state index in [2.05, 4.69) is 15.4 Å². The predicted molar refractivity (Wildman–Crippen MR) is 122 cm³/mol. The third-order valence-electron chi connectivity index (χ3n) is 4.26. The summed E-state index contributed by atoms with van der Waals surface area (Å²) in [6.07, 6.45) is 4.70. The van der Waals surface area contributed by atoms with E-state index in [0.717, 1.165) is 17.6 Å². The van der Waals surface area contributed by atoms with Crippen LogP contribution in [0.3, 0.4) is 0 Å². The minimum atomic E-state index is -3.98. The number of thiazole rings is 1. The minimum Gasteiger partial charge on any atom is -0.444 e. The zero-order chi connectivity index (χ0) is 24.6. The third kappa shape index (κ3) is 5.97. The quantitative estimate of drug-likeness (QED) is 0.532. The van der Waals surface area contributed by atoms with Gasteiger partial charge in [-0.1, -0.05) is 0 Å². The monoisotopic (exact) mass is 512 g/mol. The highest BCUT2D eigenvalue weighted by Crippen LogP contribution is 2.33. The molecule has 1 N–H and O–H groups in total. The molecule has 3 rings (SSSR count). The number of nitrogens with one attached hydrogen (secondary N) is 1. The topological polar surface area (TPSA) is 137 Å². The van der Waals surface area contributed by atoms with Crippen LogP contribution in [0.1, 0.15) is 25.8 Å². The van der Waals surface area contributed by atoms with Gasteiger partial charge >= 0.3 is 6.09 Å². The first kappa shape index (κ1) is 24.9. The van der Waals surface area contributed by atoms with E-state index < -0.39 is 31.4 Å². The fraction of sp³-hybridized carbons (Fsp3) is 0.350. The number of aryl methyl sites for hydroxylation is 1.